The fourth-order valence-corrected chi connectivity index (χ4v) is 4.58. The topological polar surface area (TPSA) is 64.0 Å². The van der Waals surface area contributed by atoms with Crippen molar-refractivity contribution in [2.24, 2.45) is 0 Å². The first-order valence-electron chi connectivity index (χ1n) is 9.51. The lowest BCUT2D eigenvalue weighted by Gasteiger charge is -2.16. The van der Waals surface area contributed by atoms with Crippen molar-refractivity contribution >= 4 is 39.1 Å². The minimum atomic E-state index is -0.280. The number of thiophene rings is 1. The largest absolute Gasteiger partial charge is 0.348 e. The van der Waals surface area contributed by atoms with Gasteiger partial charge in [0.25, 0.3) is 5.56 Å². The van der Waals surface area contributed by atoms with Crippen LogP contribution in [-0.2, 0) is 11.3 Å². The van der Waals surface area contributed by atoms with Crippen molar-refractivity contribution in [1.29, 1.82) is 0 Å². The first-order chi connectivity index (χ1) is 14.4. The summed E-state index contributed by atoms with van der Waals surface area (Å²) in [5, 5.41) is 5.97. The molecule has 7 heteroatoms. The summed E-state index contributed by atoms with van der Waals surface area (Å²) in [6, 6.07) is 15.1. The van der Waals surface area contributed by atoms with Crippen LogP contribution in [0.5, 0.6) is 0 Å². The third-order valence-corrected chi connectivity index (χ3v) is 6.22. The fraction of sp³-hybridized carbons (Fsp3) is 0.174. The van der Waals surface area contributed by atoms with Gasteiger partial charge in [-0.15, -0.1) is 11.3 Å². The SMILES string of the molecule is Cc1ccc(-c2csc3ncn(CC(=O)NC(C)c4ccccc4Cl)c(=O)c23)cc1. The number of carbonyl (C=O) groups excluding carboxylic acids is 1. The zero-order chi connectivity index (χ0) is 21.3. The van der Waals surface area contributed by atoms with E-state index in [1.165, 1.54) is 22.2 Å². The van der Waals surface area contributed by atoms with E-state index >= 15 is 0 Å². The number of fused-ring (bicyclic) bond motifs is 1. The maximum atomic E-state index is 13.1. The molecule has 0 bridgehead atoms. The van der Waals surface area contributed by atoms with Crippen LogP contribution in [0, 0.1) is 6.92 Å². The van der Waals surface area contributed by atoms with Gasteiger partial charge in [-0.25, -0.2) is 4.98 Å². The fourth-order valence-electron chi connectivity index (χ4n) is 3.37. The van der Waals surface area contributed by atoms with E-state index in [4.69, 9.17) is 11.6 Å². The number of benzene rings is 2. The van der Waals surface area contributed by atoms with Gasteiger partial charge in [0.05, 0.1) is 17.8 Å². The third kappa shape index (κ3) is 4.01. The van der Waals surface area contributed by atoms with E-state index in [-0.39, 0.29) is 24.1 Å². The molecular formula is C23H20ClN3O2S. The molecule has 4 aromatic rings. The normalized spacial score (nSPS) is 12.1. The predicted octanol–water partition coefficient (Wildman–Crippen LogP) is 4.96. The number of carbonyl (C=O) groups is 1. The lowest BCUT2D eigenvalue weighted by molar-refractivity contribution is -0.122. The first-order valence-corrected chi connectivity index (χ1v) is 10.8. The molecule has 1 N–H and O–H groups in total. The number of hydrogen-bond donors (Lipinski definition) is 1. The molecule has 1 unspecified atom stereocenters. The van der Waals surface area contributed by atoms with Crippen molar-refractivity contribution in [2.75, 3.05) is 0 Å². The van der Waals surface area contributed by atoms with Gasteiger partial charge >= 0.3 is 0 Å². The molecule has 2 aromatic heterocycles. The number of amides is 1. The van der Waals surface area contributed by atoms with E-state index in [0.717, 1.165) is 22.3 Å². The summed E-state index contributed by atoms with van der Waals surface area (Å²) in [6.45, 7) is 3.77. The Morgan fingerprint density at radius 2 is 1.93 bits per heavy atom. The van der Waals surface area contributed by atoms with Gasteiger partial charge in [0, 0.05) is 16.0 Å². The molecule has 2 aromatic carbocycles. The molecule has 30 heavy (non-hydrogen) atoms. The first kappa shape index (κ1) is 20.3. The van der Waals surface area contributed by atoms with Gasteiger partial charge in [-0.2, -0.15) is 0 Å². The highest BCUT2D eigenvalue weighted by Crippen LogP contribution is 2.30. The standard InChI is InChI=1S/C23H20ClN3O2S/c1-14-7-9-16(10-8-14)18-12-30-22-21(18)23(29)27(13-25-22)11-20(28)26-15(2)17-5-3-4-6-19(17)24/h3-10,12-13,15H,11H2,1-2H3,(H,26,28). The molecule has 152 valence electrons. The Hall–Kier alpha value is -2.96. The maximum Gasteiger partial charge on any atom is 0.263 e. The van der Waals surface area contributed by atoms with Crippen LogP contribution in [0.2, 0.25) is 5.02 Å². The lowest BCUT2D eigenvalue weighted by Crippen LogP contribution is -2.34. The minimum absolute atomic E-state index is 0.111. The van der Waals surface area contributed by atoms with Crippen LogP contribution in [0.4, 0.5) is 0 Å². The van der Waals surface area contributed by atoms with Crippen LogP contribution in [0.25, 0.3) is 21.3 Å². The summed E-state index contributed by atoms with van der Waals surface area (Å²) in [4.78, 5) is 30.8. The average molecular weight is 438 g/mol. The van der Waals surface area contributed by atoms with Gasteiger partial charge in [-0.3, -0.25) is 14.2 Å². The monoisotopic (exact) mass is 437 g/mol. The highest BCUT2D eigenvalue weighted by Gasteiger charge is 2.16. The third-order valence-electron chi connectivity index (χ3n) is 4.99. The number of aromatic nitrogens is 2. The van der Waals surface area contributed by atoms with Crippen LogP contribution in [0.1, 0.15) is 24.1 Å². The Morgan fingerprint density at radius 3 is 2.67 bits per heavy atom. The Bertz CT molecular complexity index is 1280. The molecule has 0 radical (unpaired) electrons. The second-order valence-electron chi connectivity index (χ2n) is 7.18. The van der Waals surface area contributed by atoms with E-state index in [0.29, 0.717) is 15.2 Å². The van der Waals surface area contributed by atoms with Gasteiger partial charge in [-0.05, 0) is 31.0 Å². The van der Waals surface area contributed by atoms with Gasteiger partial charge in [0.15, 0.2) is 0 Å². The molecule has 0 fully saturated rings. The molecule has 0 aliphatic rings. The summed E-state index contributed by atoms with van der Waals surface area (Å²) >= 11 is 7.64. The number of rotatable bonds is 5. The number of aryl methyl sites for hydroxylation is 1. The second-order valence-corrected chi connectivity index (χ2v) is 8.45. The predicted molar refractivity (Wildman–Crippen MR) is 122 cm³/mol. The zero-order valence-corrected chi connectivity index (χ0v) is 18.1. The molecule has 0 aliphatic heterocycles. The highest BCUT2D eigenvalue weighted by molar-refractivity contribution is 7.17. The van der Waals surface area contributed by atoms with Gasteiger partial charge in [-0.1, -0.05) is 59.6 Å². The van der Waals surface area contributed by atoms with E-state index in [2.05, 4.69) is 10.3 Å². The average Bonchev–Trinajstić information content (AvgIpc) is 3.16. The summed E-state index contributed by atoms with van der Waals surface area (Å²) in [5.74, 6) is -0.280. The number of nitrogens with one attached hydrogen (secondary N) is 1. The number of halogens is 1. The molecule has 1 amide bonds. The molecule has 0 saturated heterocycles. The molecule has 0 saturated carbocycles. The van der Waals surface area contributed by atoms with Crippen molar-refractivity contribution in [2.45, 2.75) is 26.4 Å². The van der Waals surface area contributed by atoms with Crippen LogP contribution in [-0.4, -0.2) is 15.5 Å². The quantitative estimate of drug-likeness (QED) is 0.479. The molecule has 0 aliphatic carbocycles. The summed E-state index contributed by atoms with van der Waals surface area (Å²) < 4.78 is 1.35. The summed E-state index contributed by atoms with van der Waals surface area (Å²) in [5.41, 5.74) is 3.55. The van der Waals surface area contributed by atoms with Gasteiger partial charge in [0.1, 0.15) is 11.4 Å². The minimum Gasteiger partial charge on any atom is -0.348 e. The van der Waals surface area contributed by atoms with Gasteiger partial charge in [0.2, 0.25) is 5.91 Å². The molecule has 1 atom stereocenters. The van der Waals surface area contributed by atoms with Crippen molar-refractivity contribution in [1.82, 2.24) is 14.9 Å². The Morgan fingerprint density at radius 1 is 1.20 bits per heavy atom. The van der Waals surface area contributed by atoms with Crippen LogP contribution in [0.3, 0.4) is 0 Å². The van der Waals surface area contributed by atoms with Crippen molar-refractivity contribution < 1.29 is 4.79 Å². The van der Waals surface area contributed by atoms with E-state index < -0.39 is 0 Å². The molecule has 5 nitrogen and oxygen atoms in total. The molecule has 2 heterocycles. The van der Waals surface area contributed by atoms with Crippen LogP contribution >= 0.6 is 22.9 Å². The Balaban J connectivity index is 1.60. The van der Waals surface area contributed by atoms with Crippen LogP contribution < -0.4 is 10.9 Å². The zero-order valence-electron chi connectivity index (χ0n) is 16.6. The van der Waals surface area contributed by atoms with Crippen LogP contribution in [0.15, 0.2) is 65.0 Å². The maximum absolute atomic E-state index is 13.1. The van der Waals surface area contributed by atoms with E-state index in [1.54, 1.807) is 6.07 Å². The summed E-state index contributed by atoms with van der Waals surface area (Å²) in [6.07, 6.45) is 1.43. The smallest absolute Gasteiger partial charge is 0.263 e. The summed E-state index contributed by atoms with van der Waals surface area (Å²) in [7, 11) is 0. The van der Waals surface area contributed by atoms with Crippen molar-refractivity contribution in [3.05, 3.63) is 86.7 Å². The Labute approximate surface area is 183 Å². The molecular weight excluding hydrogens is 418 g/mol. The number of hydrogen-bond acceptors (Lipinski definition) is 4. The van der Waals surface area contributed by atoms with Crippen molar-refractivity contribution in [3.8, 4) is 11.1 Å². The van der Waals surface area contributed by atoms with Gasteiger partial charge < -0.3 is 5.32 Å². The lowest BCUT2D eigenvalue weighted by atomic mass is 10.1. The van der Waals surface area contributed by atoms with E-state index in [9.17, 15) is 9.59 Å². The van der Waals surface area contributed by atoms with E-state index in [1.807, 2.05) is 61.7 Å². The molecule has 0 spiro atoms. The number of nitrogens with zero attached hydrogens (tertiary/aromatic N) is 2. The highest BCUT2D eigenvalue weighted by atomic mass is 35.5. The molecule has 4 rings (SSSR count). The Kier molecular flexibility index (Phi) is 5.70. The van der Waals surface area contributed by atoms with Crippen molar-refractivity contribution in [3.63, 3.8) is 0 Å². The second kappa shape index (κ2) is 8.42.